The molecule has 0 spiro atoms. The first kappa shape index (κ1) is 9.04. The van der Waals surface area contributed by atoms with Crippen LogP contribution in [0.5, 0.6) is 0 Å². The highest BCUT2D eigenvalue weighted by molar-refractivity contribution is 5.57. The zero-order chi connectivity index (χ0) is 9.35. The van der Waals surface area contributed by atoms with Crippen molar-refractivity contribution in [3.63, 3.8) is 0 Å². The Kier molecular flexibility index (Phi) is 2.09. The molecule has 0 bridgehead atoms. The van der Waals surface area contributed by atoms with E-state index in [1.165, 1.54) is 0 Å². The molecule has 0 N–H and O–H groups in total. The van der Waals surface area contributed by atoms with Gasteiger partial charge in [0.2, 0.25) is 0 Å². The van der Waals surface area contributed by atoms with Crippen molar-refractivity contribution in [3.8, 4) is 0 Å². The van der Waals surface area contributed by atoms with Crippen LogP contribution in [-0.2, 0) is 5.41 Å². The topological polar surface area (TPSA) is 26.0 Å². The highest BCUT2D eigenvalue weighted by Gasteiger charge is 2.19. The minimum atomic E-state index is 0.0285. The van der Waals surface area contributed by atoms with E-state index in [4.69, 9.17) is 4.52 Å². The van der Waals surface area contributed by atoms with Crippen LogP contribution in [0.3, 0.4) is 0 Å². The maximum Gasteiger partial charge on any atom is 0.142 e. The fraction of sp³-hybridized carbons (Fsp3) is 0.500. The zero-order valence-corrected chi connectivity index (χ0v) is 8.14. The van der Waals surface area contributed by atoms with Gasteiger partial charge in [0.25, 0.3) is 0 Å². The molecule has 1 aromatic heterocycles. The monoisotopic (exact) mass is 165 g/mol. The van der Waals surface area contributed by atoms with Gasteiger partial charge in [0.05, 0.1) is 0 Å². The van der Waals surface area contributed by atoms with Crippen LogP contribution >= 0.6 is 0 Å². The number of rotatable bonds is 1. The Morgan fingerprint density at radius 2 is 2.08 bits per heavy atom. The summed E-state index contributed by atoms with van der Waals surface area (Å²) in [7, 11) is 0. The molecule has 0 atom stereocenters. The minimum absolute atomic E-state index is 0.0285. The van der Waals surface area contributed by atoms with Crippen molar-refractivity contribution in [2.45, 2.75) is 33.1 Å². The van der Waals surface area contributed by atoms with E-state index in [1.54, 1.807) is 0 Å². The Labute approximate surface area is 73.3 Å². The highest BCUT2D eigenvalue weighted by Crippen LogP contribution is 2.24. The molecular formula is C10H15NO. The summed E-state index contributed by atoms with van der Waals surface area (Å²) in [4.78, 5) is 0. The van der Waals surface area contributed by atoms with Crippen LogP contribution in [-0.4, -0.2) is 5.16 Å². The fourth-order valence-electron chi connectivity index (χ4n) is 0.830. The lowest BCUT2D eigenvalue weighted by atomic mass is 9.93. The van der Waals surface area contributed by atoms with Gasteiger partial charge in [0.15, 0.2) is 0 Å². The van der Waals surface area contributed by atoms with Gasteiger partial charge in [-0.05, 0) is 12.5 Å². The highest BCUT2D eigenvalue weighted by atomic mass is 16.5. The lowest BCUT2D eigenvalue weighted by molar-refractivity contribution is 0.328. The average molecular weight is 165 g/mol. The molecule has 0 fully saturated rings. The van der Waals surface area contributed by atoms with E-state index in [1.807, 2.05) is 13.0 Å². The largest absolute Gasteiger partial charge is 0.360 e. The second-order valence-electron chi connectivity index (χ2n) is 4.11. The lowest BCUT2D eigenvalue weighted by Gasteiger charge is -2.12. The number of nitrogens with zero attached hydrogens (tertiary/aromatic N) is 1. The Morgan fingerprint density at radius 3 is 2.33 bits per heavy atom. The van der Waals surface area contributed by atoms with Crippen LogP contribution in [0.1, 0.15) is 39.1 Å². The van der Waals surface area contributed by atoms with Gasteiger partial charge in [-0.15, -0.1) is 0 Å². The quantitative estimate of drug-likeness (QED) is 0.639. The van der Waals surface area contributed by atoms with Crippen LogP contribution in [0.4, 0.5) is 0 Å². The minimum Gasteiger partial charge on any atom is -0.360 e. The van der Waals surface area contributed by atoms with Gasteiger partial charge < -0.3 is 4.52 Å². The number of aromatic nitrogens is 1. The number of hydrogen-bond acceptors (Lipinski definition) is 2. The first-order valence-corrected chi connectivity index (χ1v) is 4.04. The van der Waals surface area contributed by atoms with Crippen LogP contribution in [0, 0.1) is 0 Å². The number of allylic oxidation sites excluding steroid dienone is 1. The van der Waals surface area contributed by atoms with E-state index >= 15 is 0 Å². The first-order chi connectivity index (χ1) is 5.41. The van der Waals surface area contributed by atoms with Crippen LogP contribution in [0.25, 0.3) is 5.57 Å². The third-order valence-electron chi connectivity index (χ3n) is 1.69. The summed E-state index contributed by atoms with van der Waals surface area (Å²) >= 11 is 0. The second kappa shape index (κ2) is 2.77. The summed E-state index contributed by atoms with van der Waals surface area (Å²) in [5.41, 5.74) is 1.81. The van der Waals surface area contributed by atoms with Gasteiger partial charge in [-0.3, -0.25) is 0 Å². The molecule has 0 saturated heterocycles. The molecule has 0 aliphatic heterocycles. The summed E-state index contributed by atoms with van der Waals surface area (Å²) in [6, 6.07) is 1.95. The third-order valence-corrected chi connectivity index (χ3v) is 1.69. The van der Waals surface area contributed by atoms with Crippen molar-refractivity contribution in [3.05, 3.63) is 24.1 Å². The molecule has 1 heterocycles. The van der Waals surface area contributed by atoms with Gasteiger partial charge in [-0.2, -0.15) is 0 Å². The maximum absolute atomic E-state index is 5.18. The van der Waals surface area contributed by atoms with E-state index < -0.39 is 0 Å². The Hall–Kier alpha value is -1.05. The van der Waals surface area contributed by atoms with Gasteiger partial charge in [0.1, 0.15) is 11.5 Å². The molecule has 0 aliphatic carbocycles. The van der Waals surface area contributed by atoms with E-state index in [2.05, 4.69) is 32.5 Å². The van der Waals surface area contributed by atoms with Gasteiger partial charge >= 0.3 is 0 Å². The predicted octanol–water partition coefficient (Wildman–Crippen LogP) is 3.01. The van der Waals surface area contributed by atoms with Gasteiger partial charge in [0, 0.05) is 11.5 Å². The van der Waals surface area contributed by atoms with Crippen molar-refractivity contribution in [2.75, 3.05) is 0 Å². The first-order valence-electron chi connectivity index (χ1n) is 4.04. The second-order valence-corrected chi connectivity index (χ2v) is 4.11. The zero-order valence-electron chi connectivity index (χ0n) is 8.14. The Bertz CT molecular complexity index is 291. The molecule has 0 aromatic carbocycles. The summed E-state index contributed by atoms with van der Waals surface area (Å²) in [6.45, 7) is 12.0. The molecule has 0 unspecified atom stereocenters. The SMILES string of the molecule is C=C(C)c1cc(C(C)(C)C)on1. The Balaban J connectivity index is 3.00. The molecule has 0 saturated carbocycles. The standard InChI is InChI=1S/C10H15NO/c1-7(2)8-6-9(12-11-8)10(3,4)5/h6H,1H2,2-5H3. The summed E-state index contributed by atoms with van der Waals surface area (Å²) in [6.07, 6.45) is 0. The van der Waals surface area contributed by atoms with Crippen molar-refractivity contribution in [2.24, 2.45) is 0 Å². The Morgan fingerprint density at radius 1 is 1.50 bits per heavy atom. The molecule has 66 valence electrons. The molecule has 1 rings (SSSR count). The maximum atomic E-state index is 5.18. The summed E-state index contributed by atoms with van der Waals surface area (Å²) < 4.78 is 5.18. The van der Waals surface area contributed by atoms with Crippen molar-refractivity contribution in [1.29, 1.82) is 0 Å². The smallest absolute Gasteiger partial charge is 0.142 e. The van der Waals surface area contributed by atoms with Crippen molar-refractivity contribution in [1.82, 2.24) is 5.16 Å². The van der Waals surface area contributed by atoms with Crippen LogP contribution < -0.4 is 0 Å². The molecular weight excluding hydrogens is 150 g/mol. The van der Waals surface area contributed by atoms with Crippen LogP contribution in [0.2, 0.25) is 0 Å². The third kappa shape index (κ3) is 1.76. The van der Waals surface area contributed by atoms with Gasteiger partial charge in [-0.25, -0.2) is 0 Å². The predicted molar refractivity (Wildman–Crippen MR) is 49.9 cm³/mol. The van der Waals surface area contributed by atoms with E-state index in [-0.39, 0.29) is 5.41 Å². The van der Waals surface area contributed by atoms with Crippen LogP contribution in [0.15, 0.2) is 17.2 Å². The molecule has 2 nitrogen and oxygen atoms in total. The molecule has 0 amide bonds. The molecule has 0 radical (unpaired) electrons. The van der Waals surface area contributed by atoms with Gasteiger partial charge in [-0.1, -0.05) is 32.5 Å². The molecule has 2 heteroatoms. The van der Waals surface area contributed by atoms with E-state index in [0.29, 0.717) is 0 Å². The lowest BCUT2D eigenvalue weighted by Crippen LogP contribution is -2.09. The fourth-order valence-corrected chi connectivity index (χ4v) is 0.830. The molecule has 1 aromatic rings. The molecule has 12 heavy (non-hydrogen) atoms. The average Bonchev–Trinajstić information content (AvgIpc) is 2.30. The molecule has 0 aliphatic rings. The van der Waals surface area contributed by atoms with E-state index in [0.717, 1.165) is 17.0 Å². The summed E-state index contributed by atoms with van der Waals surface area (Å²) in [5.74, 6) is 0.903. The normalized spacial score (nSPS) is 11.7. The van der Waals surface area contributed by atoms with Crippen molar-refractivity contribution < 1.29 is 4.52 Å². The summed E-state index contributed by atoms with van der Waals surface area (Å²) in [5, 5.41) is 3.91. The number of hydrogen-bond donors (Lipinski definition) is 0. The van der Waals surface area contributed by atoms with Crippen molar-refractivity contribution >= 4 is 5.57 Å². The van der Waals surface area contributed by atoms with E-state index in [9.17, 15) is 0 Å².